The van der Waals surface area contributed by atoms with E-state index in [-0.39, 0.29) is 0 Å². The monoisotopic (exact) mass is 241 g/mol. The van der Waals surface area contributed by atoms with Crippen LogP contribution in [-0.4, -0.2) is 5.11 Å². The van der Waals surface area contributed by atoms with Crippen molar-refractivity contribution >= 4 is 5.69 Å². The Kier molecular flexibility index (Phi) is 3.56. The third-order valence-electron chi connectivity index (χ3n) is 3.22. The molecule has 94 valence electrons. The van der Waals surface area contributed by atoms with Gasteiger partial charge in [-0.1, -0.05) is 23.8 Å². The van der Waals surface area contributed by atoms with Gasteiger partial charge in [-0.2, -0.15) is 0 Å². The normalized spacial score (nSPS) is 10.4. The van der Waals surface area contributed by atoms with Gasteiger partial charge in [-0.3, -0.25) is 0 Å². The number of hydrogen-bond donors (Lipinski definition) is 2. The van der Waals surface area contributed by atoms with Gasteiger partial charge in [0.2, 0.25) is 0 Å². The summed E-state index contributed by atoms with van der Waals surface area (Å²) in [6, 6.07) is 12.0. The summed E-state index contributed by atoms with van der Waals surface area (Å²) in [5.41, 5.74) is 5.73. The lowest BCUT2D eigenvalue weighted by Gasteiger charge is -2.10. The van der Waals surface area contributed by atoms with Crippen LogP contribution in [0.3, 0.4) is 0 Å². The number of anilines is 1. The summed E-state index contributed by atoms with van der Waals surface area (Å²) in [5, 5.41) is 13.1. The van der Waals surface area contributed by atoms with Crippen LogP contribution >= 0.6 is 0 Å². The quantitative estimate of drug-likeness (QED) is 0.853. The Bertz CT molecular complexity index is 561. The Morgan fingerprint density at radius 2 is 1.72 bits per heavy atom. The molecule has 0 unspecified atom stereocenters. The Morgan fingerprint density at radius 1 is 0.944 bits per heavy atom. The van der Waals surface area contributed by atoms with E-state index in [0.717, 1.165) is 16.8 Å². The minimum atomic E-state index is 0.344. The first-order chi connectivity index (χ1) is 8.56. The average Bonchev–Trinajstić information content (AvgIpc) is 2.34. The summed E-state index contributed by atoms with van der Waals surface area (Å²) in [7, 11) is 0. The largest absolute Gasteiger partial charge is 0.508 e. The molecule has 2 N–H and O–H groups in total. The van der Waals surface area contributed by atoms with E-state index in [1.807, 2.05) is 19.1 Å². The molecule has 2 aromatic rings. The Hall–Kier alpha value is -1.96. The molecule has 0 aliphatic carbocycles. The SMILES string of the molecule is Cc1ccc(O)c(CNc2ccc(C)c(C)c2)c1. The lowest BCUT2D eigenvalue weighted by Crippen LogP contribution is -2.00. The molecule has 2 nitrogen and oxygen atoms in total. The van der Waals surface area contributed by atoms with Gasteiger partial charge in [-0.25, -0.2) is 0 Å². The molecule has 2 aromatic carbocycles. The zero-order valence-corrected chi connectivity index (χ0v) is 11.1. The molecular weight excluding hydrogens is 222 g/mol. The van der Waals surface area contributed by atoms with Gasteiger partial charge < -0.3 is 10.4 Å². The fraction of sp³-hybridized carbons (Fsp3) is 0.250. The van der Waals surface area contributed by atoms with Crippen LogP contribution in [0, 0.1) is 20.8 Å². The van der Waals surface area contributed by atoms with Crippen LogP contribution in [0.5, 0.6) is 5.75 Å². The second-order valence-electron chi connectivity index (χ2n) is 4.78. The lowest BCUT2D eigenvalue weighted by molar-refractivity contribution is 0.469. The summed E-state index contributed by atoms with van der Waals surface area (Å²) in [6.45, 7) is 6.87. The topological polar surface area (TPSA) is 32.3 Å². The first-order valence-electron chi connectivity index (χ1n) is 6.16. The molecule has 0 saturated carbocycles. The molecule has 0 heterocycles. The number of phenolic OH excluding ortho intramolecular Hbond substituents is 1. The van der Waals surface area contributed by atoms with E-state index in [0.29, 0.717) is 12.3 Å². The molecule has 0 amide bonds. The molecule has 2 heteroatoms. The van der Waals surface area contributed by atoms with Crippen molar-refractivity contribution in [2.45, 2.75) is 27.3 Å². The summed E-state index contributed by atoms with van der Waals surface area (Å²) in [4.78, 5) is 0. The van der Waals surface area contributed by atoms with Gasteiger partial charge in [0.15, 0.2) is 0 Å². The molecule has 0 bridgehead atoms. The fourth-order valence-corrected chi connectivity index (χ4v) is 1.90. The van der Waals surface area contributed by atoms with Crippen LogP contribution < -0.4 is 5.32 Å². The van der Waals surface area contributed by atoms with E-state index in [1.54, 1.807) is 6.07 Å². The minimum Gasteiger partial charge on any atom is -0.508 e. The summed E-state index contributed by atoms with van der Waals surface area (Å²) in [5.74, 6) is 0.344. The molecule has 0 spiro atoms. The zero-order valence-electron chi connectivity index (χ0n) is 11.1. The van der Waals surface area contributed by atoms with Gasteiger partial charge in [-0.05, 0) is 50.1 Å². The number of aromatic hydroxyl groups is 1. The molecule has 0 aromatic heterocycles. The van der Waals surface area contributed by atoms with Crippen molar-refractivity contribution in [3.63, 3.8) is 0 Å². The van der Waals surface area contributed by atoms with E-state index >= 15 is 0 Å². The Labute approximate surface area is 108 Å². The van der Waals surface area contributed by atoms with Crippen molar-refractivity contribution in [1.82, 2.24) is 0 Å². The molecule has 0 fully saturated rings. The molecule has 0 radical (unpaired) electrons. The highest BCUT2D eigenvalue weighted by atomic mass is 16.3. The first kappa shape index (κ1) is 12.5. The van der Waals surface area contributed by atoms with E-state index in [2.05, 4.69) is 37.4 Å². The maximum Gasteiger partial charge on any atom is 0.120 e. The van der Waals surface area contributed by atoms with Crippen molar-refractivity contribution in [2.24, 2.45) is 0 Å². The van der Waals surface area contributed by atoms with E-state index in [1.165, 1.54) is 11.1 Å². The van der Waals surface area contributed by atoms with Crippen LogP contribution in [0.15, 0.2) is 36.4 Å². The maximum absolute atomic E-state index is 9.77. The maximum atomic E-state index is 9.77. The fourth-order valence-electron chi connectivity index (χ4n) is 1.90. The second-order valence-corrected chi connectivity index (χ2v) is 4.78. The third-order valence-corrected chi connectivity index (χ3v) is 3.22. The van der Waals surface area contributed by atoms with Gasteiger partial charge >= 0.3 is 0 Å². The van der Waals surface area contributed by atoms with Gasteiger partial charge in [0.1, 0.15) is 5.75 Å². The number of hydrogen-bond acceptors (Lipinski definition) is 2. The van der Waals surface area contributed by atoms with Crippen molar-refractivity contribution in [3.05, 3.63) is 58.7 Å². The van der Waals surface area contributed by atoms with Crippen LogP contribution in [0.1, 0.15) is 22.3 Å². The van der Waals surface area contributed by atoms with Crippen molar-refractivity contribution < 1.29 is 5.11 Å². The molecule has 18 heavy (non-hydrogen) atoms. The summed E-state index contributed by atoms with van der Waals surface area (Å²) in [6.07, 6.45) is 0. The number of rotatable bonds is 3. The summed E-state index contributed by atoms with van der Waals surface area (Å²) < 4.78 is 0. The Morgan fingerprint density at radius 3 is 2.44 bits per heavy atom. The van der Waals surface area contributed by atoms with Crippen LogP contribution in [0.4, 0.5) is 5.69 Å². The van der Waals surface area contributed by atoms with Crippen molar-refractivity contribution in [2.75, 3.05) is 5.32 Å². The molecule has 0 saturated heterocycles. The molecule has 0 atom stereocenters. The lowest BCUT2D eigenvalue weighted by atomic mass is 10.1. The highest BCUT2D eigenvalue weighted by Gasteiger charge is 2.02. The second kappa shape index (κ2) is 5.13. The molecule has 0 aliphatic rings. The first-order valence-corrected chi connectivity index (χ1v) is 6.16. The number of benzene rings is 2. The highest BCUT2D eigenvalue weighted by Crippen LogP contribution is 2.20. The van der Waals surface area contributed by atoms with E-state index in [4.69, 9.17) is 0 Å². The van der Waals surface area contributed by atoms with Crippen LogP contribution in [-0.2, 0) is 6.54 Å². The van der Waals surface area contributed by atoms with E-state index in [9.17, 15) is 5.11 Å². The summed E-state index contributed by atoms with van der Waals surface area (Å²) >= 11 is 0. The predicted molar refractivity (Wildman–Crippen MR) is 76.1 cm³/mol. The number of aryl methyl sites for hydroxylation is 3. The molecular formula is C16H19NO. The smallest absolute Gasteiger partial charge is 0.120 e. The van der Waals surface area contributed by atoms with Crippen molar-refractivity contribution in [1.29, 1.82) is 0 Å². The van der Waals surface area contributed by atoms with Gasteiger partial charge in [0.05, 0.1) is 0 Å². The van der Waals surface area contributed by atoms with Gasteiger partial charge in [0, 0.05) is 17.8 Å². The van der Waals surface area contributed by atoms with Crippen molar-refractivity contribution in [3.8, 4) is 5.75 Å². The average molecular weight is 241 g/mol. The predicted octanol–water partition coefficient (Wildman–Crippen LogP) is 3.93. The third kappa shape index (κ3) is 2.83. The zero-order chi connectivity index (χ0) is 13.1. The number of phenols is 1. The Balaban J connectivity index is 2.11. The van der Waals surface area contributed by atoms with Crippen LogP contribution in [0.2, 0.25) is 0 Å². The minimum absolute atomic E-state index is 0.344. The highest BCUT2D eigenvalue weighted by molar-refractivity contribution is 5.49. The van der Waals surface area contributed by atoms with Gasteiger partial charge in [-0.15, -0.1) is 0 Å². The molecule has 2 rings (SSSR count). The van der Waals surface area contributed by atoms with E-state index < -0.39 is 0 Å². The van der Waals surface area contributed by atoms with Crippen LogP contribution in [0.25, 0.3) is 0 Å². The standard InChI is InChI=1S/C16H19NO/c1-11-4-7-16(18)14(8-11)10-17-15-6-5-12(2)13(3)9-15/h4-9,17-18H,10H2,1-3H3. The number of nitrogens with one attached hydrogen (secondary N) is 1. The molecule has 0 aliphatic heterocycles. The van der Waals surface area contributed by atoms with Gasteiger partial charge in [0.25, 0.3) is 0 Å².